The van der Waals surface area contributed by atoms with Crippen LogP contribution in [0.15, 0.2) is 59.2 Å². The van der Waals surface area contributed by atoms with Crippen molar-refractivity contribution in [1.29, 1.82) is 0 Å². The summed E-state index contributed by atoms with van der Waals surface area (Å²) in [6.07, 6.45) is 8.76. The molecule has 2 aromatic heterocycles. The number of fused-ring (bicyclic) bond motifs is 1. The minimum atomic E-state index is -1.19. The SMILES string of the molecule is Nc1nc(C(=NOC2C=CCC2)C(=O)NC2C(=O)N3C(C(=O)O)=C(C[n+]4ccccc4)CS[C@H]23)ns1.[I-]. The number of carboxylic acid groups (broad SMARTS) is 1. The molecule has 1 fully saturated rings. The lowest BCUT2D eigenvalue weighted by molar-refractivity contribution is -0.689. The number of oxime groups is 1. The highest BCUT2D eigenvalue weighted by molar-refractivity contribution is 8.00. The average molecular weight is 656 g/mol. The highest BCUT2D eigenvalue weighted by Gasteiger charge is 2.54. The van der Waals surface area contributed by atoms with Crippen molar-refractivity contribution in [2.45, 2.75) is 36.9 Å². The molecule has 0 radical (unpaired) electrons. The molecule has 3 atom stereocenters. The Hall–Kier alpha value is -3.05. The van der Waals surface area contributed by atoms with E-state index in [0.717, 1.165) is 24.4 Å². The summed E-state index contributed by atoms with van der Waals surface area (Å²) in [5, 5.41) is 16.1. The van der Waals surface area contributed by atoms with Crippen LogP contribution < -0.4 is 39.6 Å². The van der Waals surface area contributed by atoms with Crippen molar-refractivity contribution in [1.82, 2.24) is 19.6 Å². The molecule has 4 N–H and O–H groups in total. The van der Waals surface area contributed by atoms with Crippen LogP contribution in [0, 0.1) is 0 Å². The quantitative estimate of drug-likeness (QED) is 0.0686. The number of carboxylic acids is 1. The number of nitrogen functional groups attached to an aromatic ring is 1. The fraction of sp³-hybridized carbons (Fsp3) is 0.318. The molecule has 0 bridgehead atoms. The molecule has 12 nitrogen and oxygen atoms in total. The van der Waals surface area contributed by atoms with Gasteiger partial charge in [0.05, 0.1) is 0 Å². The molecule has 4 heterocycles. The predicted octanol–water partition coefficient (Wildman–Crippen LogP) is -2.71. The number of amides is 2. The Bertz CT molecular complexity index is 1300. The summed E-state index contributed by atoms with van der Waals surface area (Å²) in [6, 6.07) is 4.62. The molecule has 15 heteroatoms. The molecule has 3 aliphatic rings. The van der Waals surface area contributed by atoms with E-state index < -0.39 is 29.2 Å². The van der Waals surface area contributed by atoms with Gasteiger partial charge in [-0.05, 0) is 18.9 Å². The Kier molecular flexibility index (Phi) is 8.43. The van der Waals surface area contributed by atoms with Crippen molar-refractivity contribution in [3.63, 3.8) is 0 Å². The number of aromatic nitrogens is 3. The van der Waals surface area contributed by atoms with Gasteiger partial charge in [-0.25, -0.2) is 9.36 Å². The van der Waals surface area contributed by atoms with Crippen LogP contribution in [0.3, 0.4) is 0 Å². The van der Waals surface area contributed by atoms with Gasteiger partial charge in [0.2, 0.25) is 11.5 Å². The summed E-state index contributed by atoms with van der Waals surface area (Å²) in [6.45, 7) is 0.337. The van der Waals surface area contributed by atoms with Crippen molar-refractivity contribution in [3.05, 3.63) is 59.8 Å². The van der Waals surface area contributed by atoms with Crippen molar-refractivity contribution in [3.8, 4) is 0 Å². The molecular weight excluding hydrogens is 633 g/mol. The third-order valence-electron chi connectivity index (χ3n) is 5.80. The van der Waals surface area contributed by atoms with Gasteiger partial charge in [0.25, 0.3) is 11.8 Å². The molecule has 1 aliphatic carbocycles. The monoisotopic (exact) mass is 655 g/mol. The zero-order valence-electron chi connectivity index (χ0n) is 19.2. The van der Waals surface area contributed by atoms with Gasteiger partial charge in [-0.1, -0.05) is 17.3 Å². The molecular formula is C22H22IN7O5S2. The highest BCUT2D eigenvalue weighted by atomic mass is 127. The van der Waals surface area contributed by atoms with E-state index in [0.29, 0.717) is 17.9 Å². The second-order valence-corrected chi connectivity index (χ2v) is 10.1. The zero-order valence-corrected chi connectivity index (χ0v) is 23.0. The number of carbonyl (C=O) groups excluding carboxylic acids is 2. The van der Waals surface area contributed by atoms with Gasteiger partial charge in [0.1, 0.15) is 23.2 Å². The van der Waals surface area contributed by atoms with E-state index >= 15 is 0 Å². The molecule has 5 rings (SSSR count). The van der Waals surface area contributed by atoms with E-state index in [2.05, 4.69) is 19.8 Å². The smallest absolute Gasteiger partial charge is 0.352 e. The number of carbonyl (C=O) groups is 3. The Morgan fingerprint density at radius 2 is 2.11 bits per heavy atom. The van der Waals surface area contributed by atoms with E-state index in [4.69, 9.17) is 10.6 Å². The number of allylic oxidation sites excluding steroid dienone is 1. The number of nitrogens with zero attached hydrogens (tertiary/aromatic N) is 5. The van der Waals surface area contributed by atoms with Gasteiger partial charge < -0.3 is 45.0 Å². The summed E-state index contributed by atoms with van der Waals surface area (Å²) >= 11 is 2.29. The van der Waals surface area contributed by atoms with Crippen LogP contribution in [0.25, 0.3) is 0 Å². The van der Waals surface area contributed by atoms with E-state index in [1.807, 2.05) is 47.3 Å². The third-order valence-corrected chi connectivity index (χ3v) is 7.69. The summed E-state index contributed by atoms with van der Waals surface area (Å²) in [5.41, 5.74) is 6.03. The summed E-state index contributed by atoms with van der Waals surface area (Å²) in [5.74, 6) is -2.03. The topological polar surface area (TPSA) is 164 Å². The average Bonchev–Trinajstić information content (AvgIpc) is 3.55. The van der Waals surface area contributed by atoms with Gasteiger partial charge in [0.15, 0.2) is 24.1 Å². The number of anilines is 1. The van der Waals surface area contributed by atoms with Gasteiger partial charge in [-0.2, -0.15) is 9.36 Å². The van der Waals surface area contributed by atoms with Crippen molar-refractivity contribution in [2.75, 3.05) is 11.5 Å². The van der Waals surface area contributed by atoms with Gasteiger partial charge in [0, 0.05) is 35.0 Å². The number of hydrogen-bond acceptors (Lipinski definition) is 10. The molecule has 2 amide bonds. The number of β-lactam (4-membered cyclic amide) rings is 1. The van der Waals surface area contributed by atoms with Crippen molar-refractivity contribution >= 4 is 51.9 Å². The molecule has 37 heavy (non-hydrogen) atoms. The second kappa shape index (κ2) is 11.6. The van der Waals surface area contributed by atoms with Crippen molar-refractivity contribution in [2.24, 2.45) is 5.16 Å². The lowest BCUT2D eigenvalue weighted by atomic mass is 10.0. The Balaban J connectivity index is 0.00000320. The summed E-state index contributed by atoms with van der Waals surface area (Å²) in [4.78, 5) is 49.0. The second-order valence-electron chi connectivity index (χ2n) is 8.21. The Morgan fingerprint density at radius 3 is 2.76 bits per heavy atom. The van der Waals surface area contributed by atoms with E-state index in [1.54, 1.807) is 0 Å². The van der Waals surface area contributed by atoms with Crippen LogP contribution in [0.1, 0.15) is 18.7 Å². The van der Waals surface area contributed by atoms with Gasteiger partial charge in [-0.15, -0.1) is 11.8 Å². The third kappa shape index (κ3) is 5.62. The molecule has 194 valence electrons. The molecule has 1 saturated heterocycles. The van der Waals surface area contributed by atoms with E-state index in [-0.39, 0.29) is 52.4 Å². The molecule has 0 spiro atoms. The van der Waals surface area contributed by atoms with Crippen LogP contribution in [-0.2, 0) is 25.8 Å². The number of nitrogens with one attached hydrogen (secondary N) is 1. The number of aliphatic carboxylic acids is 1. The number of thioether (sulfide) groups is 1. The standard InChI is InChI=1S/C22H21N7O5S2.HI/c23-22-25-17(27-36-22)14(26-34-13-6-2-3-7-13)18(30)24-15-19(31)29-16(21(32)33)12(11-35-20(15)29)10-28-8-4-1-5-9-28;/h1-2,4-6,8-9,13,15,20H,3,7,10-11H2,(H3-,23,24,25,27,30,32,33);1H/t13?,15?,20-;/m1./s1. The minimum absolute atomic E-state index is 0. The Labute approximate surface area is 236 Å². The maximum absolute atomic E-state index is 13.1. The fourth-order valence-electron chi connectivity index (χ4n) is 4.10. The highest BCUT2D eigenvalue weighted by Crippen LogP contribution is 2.40. The van der Waals surface area contributed by atoms with Crippen LogP contribution >= 0.6 is 23.3 Å². The maximum atomic E-state index is 13.1. The lowest BCUT2D eigenvalue weighted by Gasteiger charge is -2.49. The van der Waals surface area contributed by atoms with Crippen LogP contribution in [0.5, 0.6) is 0 Å². The summed E-state index contributed by atoms with van der Waals surface area (Å²) in [7, 11) is 0. The number of hydrogen-bond donors (Lipinski definition) is 3. The normalized spacial score (nSPS) is 22.7. The molecule has 0 saturated carbocycles. The predicted molar refractivity (Wildman–Crippen MR) is 130 cm³/mol. The number of rotatable bonds is 8. The first kappa shape index (κ1) is 27.0. The van der Waals surface area contributed by atoms with Crippen LogP contribution in [0.4, 0.5) is 5.13 Å². The van der Waals surface area contributed by atoms with E-state index in [1.165, 1.54) is 16.7 Å². The number of pyridine rings is 1. The molecule has 2 aliphatic heterocycles. The fourth-order valence-corrected chi connectivity index (χ4v) is 5.87. The number of halogens is 1. The maximum Gasteiger partial charge on any atom is 0.352 e. The van der Waals surface area contributed by atoms with Crippen LogP contribution in [-0.4, -0.2) is 66.1 Å². The molecule has 0 aromatic carbocycles. The lowest BCUT2D eigenvalue weighted by Crippen LogP contribution is -3.00. The van der Waals surface area contributed by atoms with Gasteiger partial charge in [-0.3, -0.25) is 14.5 Å². The first-order valence-corrected chi connectivity index (χ1v) is 12.9. The van der Waals surface area contributed by atoms with Crippen LogP contribution in [0.2, 0.25) is 0 Å². The van der Waals surface area contributed by atoms with Crippen molar-refractivity contribution < 1.29 is 52.9 Å². The van der Waals surface area contributed by atoms with E-state index in [9.17, 15) is 19.5 Å². The largest absolute Gasteiger partial charge is 1.00 e. The Morgan fingerprint density at radius 1 is 1.32 bits per heavy atom. The first-order valence-electron chi connectivity index (χ1n) is 11.1. The van der Waals surface area contributed by atoms with Gasteiger partial charge >= 0.3 is 5.97 Å². The first-order chi connectivity index (χ1) is 17.4. The minimum Gasteiger partial charge on any atom is -1.00 e. The summed E-state index contributed by atoms with van der Waals surface area (Å²) < 4.78 is 5.89. The number of nitrogens with two attached hydrogens (primary N) is 1. The molecule has 2 unspecified atom stereocenters. The zero-order chi connectivity index (χ0) is 25.2. The molecule has 2 aromatic rings.